The Kier molecular flexibility index (Phi) is 5.19. The first-order valence-corrected chi connectivity index (χ1v) is 6.82. The normalized spacial score (nSPS) is 10.1. The second kappa shape index (κ2) is 6.18. The van der Waals surface area contributed by atoms with Gasteiger partial charge in [0.05, 0.1) is 0 Å². The summed E-state index contributed by atoms with van der Waals surface area (Å²) >= 11 is 5.16. The summed E-state index contributed by atoms with van der Waals surface area (Å²) in [6, 6.07) is 5.77. The van der Waals surface area contributed by atoms with E-state index in [0.717, 1.165) is 34.3 Å². The molecule has 1 aromatic rings. The SMILES string of the molecule is CSCCN(C)c1ccc(Br)cc1C=O. The highest BCUT2D eigenvalue weighted by Crippen LogP contribution is 2.22. The van der Waals surface area contributed by atoms with Gasteiger partial charge in [-0.2, -0.15) is 11.8 Å². The molecule has 0 saturated heterocycles. The lowest BCUT2D eigenvalue weighted by Gasteiger charge is -2.20. The summed E-state index contributed by atoms with van der Waals surface area (Å²) in [7, 11) is 2.01. The number of aldehydes is 1. The van der Waals surface area contributed by atoms with Crippen LogP contribution in [0.25, 0.3) is 0 Å². The van der Waals surface area contributed by atoms with E-state index in [1.807, 2.05) is 25.2 Å². The van der Waals surface area contributed by atoms with E-state index in [4.69, 9.17) is 0 Å². The van der Waals surface area contributed by atoms with Crippen LogP contribution in [0.1, 0.15) is 10.4 Å². The van der Waals surface area contributed by atoms with E-state index in [-0.39, 0.29) is 0 Å². The lowest BCUT2D eigenvalue weighted by Crippen LogP contribution is -2.21. The number of rotatable bonds is 5. The van der Waals surface area contributed by atoms with Crippen LogP contribution in [0.3, 0.4) is 0 Å². The average molecular weight is 288 g/mol. The van der Waals surface area contributed by atoms with Gasteiger partial charge >= 0.3 is 0 Å². The van der Waals surface area contributed by atoms with Gasteiger partial charge in [-0.15, -0.1) is 0 Å². The molecule has 0 aromatic heterocycles. The predicted molar refractivity (Wildman–Crippen MR) is 71.2 cm³/mol. The molecular formula is C11H14BrNOS. The first-order valence-electron chi connectivity index (χ1n) is 4.64. The van der Waals surface area contributed by atoms with Crippen molar-refractivity contribution in [1.82, 2.24) is 0 Å². The van der Waals surface area contributed by atoms with Crippen LogP contribution in [-0.2, 0) is 0 Å². The monoisotopic (exact) mass is 287 g/mol. The van der Waals surface area contributed by atoms with Gasteiger partial charge in [-0.25, -0.2) is 0 Å². The molecule has 0 aliphatic carbocycles. The maximum atomic E-state index is 10.9. The lowest BCUT2D eigenvalue weighted by molar-refractivity contribution is 0.112. The van der Waals surface area contributed by atoms with Crippen LogP contribution in [0.15, 0.2) is 22.7 Å². The predicted octanol–water partition coefficient (Wildman–Crippen LogP) is 3.06. The Morgan fingerprint density at radius 3 is 2.87 bits per heavy atom. The van der Waals surface area contributed by atoms with Gasteiger partial charge in [0.2, 0.25) is 0 Å². The molecule has 0 unspecified atom stereocenters. The quantitative estimate of drug-likeness (QED) is 0.777. The number of anilines is 1. The van der Waals surface area contributed by atoms with Crippen LogP contribution >= 0.6 is 27.7 Å². The number of carbonyl (C=O) groups is 1. The van der Waals surface area contributed by atoms with Crippen molar-refractivity contribution in [2.45, 2.75) is 0 Å². The maximum absolute atomic E-state index is 10.9. The largest absolute Gasteiger partial charge is 0.373 e. The van der Waals surface area contributed by atoms with Gasteiger partial charge in [-0.05, 0) is 24.5 Å². The molecule has 0 atom stereocenters. The van der Waals surface area contributed by atoms with Crippen LogP contribution in [0.4, 0.5) is 5.69 Å². The van der Waals surface area contributed by atoms with E-state index in [1.54, 1.807) is 11.8 Å². The van der Waals surface area contributed by atoms with E-state index in [1.165, 1.54) is 0 Å². The zero-order valence-corrected chi connectivity index (χ0v) is 11.3. The van der Waals surface area contributed by atoms with Gasteiger partial charge in [-0.3, -0.25) is 4.79 Å². The van der Waals surface area contributed by atoms with Gasteiger partial charge in [0.25, 0.3) is 0 Å². The van der Waals surface area contributed by atoms with Crippen LogP contribution < -0.4 is 4.90 Å². The topological polar surface area (TPSA) is 20.3 Å². The molecule has 0 saturated carbocycles. The third-order valence-corrected chi connectivity index (χ3v) is 3.24. The first-order chi connectivity index (χ1) is 7.19. The van der Waals surface area contributed by atoms with Gasteiger partial charge in [-0.1, -0.05) is 15.9 Å². The van der Waals surface area contributed by atoms with Crippen molar-refractivity contribution in [2.75, 3.05) is 30.5 Å². The van der Waals surface area contributed by atoms with Gasteiger partial charge in [0.1, 0.15) is 0 Å². The Bertz CT molecular complexity index is 343. The van der Waals surface area contributed by atoms with E-state index in [2.05, 4.69) is 27.1 Å². The molecular weight excluding hydrogens is 274 g/mol. The summed E-state index contributed by atoms with van der Waals surface area (Å²) in [5.74, 6) is 1.06. The Labute approximate surface area is 103 Å². The summed E-state index contributed by atoms with van der Waals surface area (Å²) in [5.41, 5.74) is 1.72. The Morgan fingerprint density at radius 2 is 2.27 bits per heavy atom. The van der Waals surface area contributed by atoms with Crippen molar-refractivity contribution < 1.29 is 4.79 Å². The van der Waals surface area contributed by atoms with Crippen LogP contribution in [0.5, 0.6) is 0 Å². The fourth-order valence-electron chi connectivity index (χ4n) is 1.32. The second-order valence-corrected chi connectivity index (χ2v) is 5.14. The molecule has 0 amide bonds. The van der Waals surface area contributed by atoms with Crippen molar-refractivity contribution >= 4 is 39.7 Å². The standard InChI is InChI=1S/C11H14BrNOS/c1-13(5-6-15-2)11-4-3-10(12)7-9(11)8-14/h3-4,7-8H,5-6H2,1-2H3. The van der Waals surface area contributed by atoms with Gasteiger partial charge in [0.15, 0.2) is 6.29 Å². The molecule has 0 heterocycles. The highest BCUT2D eigenvalue weighted by atomic mass is 79.9. The molecule has 1 rings (SSSR count). The zero-order chi connectivity index (χ0) is 11.3. The van der Waals surface area contributed by atoms with E-state index >= 15 is 0 Å². The number of nitrogens with zero attached hydrogens (tertiary/aromatic N) is 1. The summed E-state index contributed by atoms with van der Waals surface area (Å²) in [5, 5.41) is 0. The molecule has 0 fully saturated rings. The van der Waals surface area contributed by atoms with Crippen molar-refractivity contribution in [3.05, 3.63) is 28.2 Å². The number of hydrogen-bond donors (Lipinski definition) is 0. The Balaban J connectivity index is 2.87. The highest BCUT2D eigenvalue weighted by molar-refractivity contribution is 9.10. The van der Waals surface area contributed by atoms with Crippen LogP contribution in [0.2, 0.25) is 0 Å². The van der Waals surface area contributed by atoms with Crippen molar-refractivity contribution in [3.63, 3.8) is 0 Å². The molecule has 0 spiro atoms. The third kappa shape index (κ3) is 3.54. The molecule has 0 radical (unpaired) electrons. The first kappa shape index (κ1) is 12.6. The number of benzene rings is 1. The van der Waals surface area contributed by atoms with Crippen LogP contribution in [-0.4, -0.2) is 31.9 Å². The fraction of sp³-hybridized carbons (Fsp3) is 0.364. The number of thioether (sulfide) groups is 1. The maximum Gasteiger partial charge on any atom is 0.152 e. The molecule has 82 valence electrons. The Morgan fingerprint density at radius 1 is 1.53 bits per heavy atom. The van der Waals surface area contributed by atoms with Crippen molar-refractivity contribution in [1.29, 1.82) is 0 Å². The molecule has 0 bridgehead atoms. The molecule has 0 aliphatic rings. The minimum atomic E-state index is 0.730. The molecule has 0 N–H and O–H groups in total. The molecule has 4 heteroatoms. The summed E-state index contributed by atoms with van der Waals surface area (Å²) in [6.07, 6.45) is 2.98. The summed E-state index contributed by atoms with van der Waals surface area (Å²) < 4.78 is 0.937. The van der Waals surface area contributed by atoms with E-state index in [0.29, 0.717) is 0 Å². The smallest absolute Gasteiger partial charge is 0.152 e. The molecule has 15 heavy (non-hydrogen) atoms. The number of halogens is 1. The average Bonchev–Trinajstić information content (AvgIpc) is 2.25. The lowest BCUT2D eigenvalue weighted by atomic mass is 10.2. The minimum Gasteiger partial charge on any atom is -0.373 e. The molecule has 1 aromatic carbocycles. The van der Waals surface area contributed by atoms with Gasteiger partial charge in [0, 0.05) is 35.1 Å². The summed E-state index contributed by atoms with van der Waals surface area (Å²) in [4.78, 5) is 13.0. The highest BCUT2D eigenvalue weighted by Gasteiger charge is 2.06. The van der Waals surface area contributed by atoms with Gasteiger partial charge < -0.3 is 4.90 Å². The third-order valence-electron chi connectivity index (χ3n) is 2.16. The van der Waals surface area contributed by atoms with E-state index in [9.17, 15) is 4.79 Å². The van der Waals surface area contributed by atoms with Crippen LogP contribution in [0, 0.1) is 0 Å². The number of hydrogen-bond acceptors (Lipinski definition) is 3. The molecule has 0 aliphatic heterocycles. The number of carbonyl (C=O) groups excluding carboxylic acids is 1. The fourth-order valence-corrected chi connectivity index (χ4v) is 2.15. The Hall–Kier alpha value is -0.480. The molecule has 2 nitrogen and oxygen atoms in total. The zero-order valence-electron chi connectivity index (χ0n) is 8.87. The summed E-state index contributed by atoms with van der Waals surface area (Å²) in [6.45, 7) is 0.948. The minimum absolute atomic E-state index is 0.730. The second-order valence-electron chi connectivity index (χ2n) is 3.24. The van der Waals surface area contributed by atoms with Crippen molar-refractivity contribution in [3.8, 4) is 0 Å². The van der Waals surface area contributed by atoms with E-state index < -0.39 is 0 Å². The van der Waals surface area contributed by atoms with Crippen molar-refractivity contribution in [2.24, 2.45) is 0 Å².